The molecule has 0 saturated heterocycles. The summed E-state index contributed by atoms with van der Waals surface area (Å²) in [6, 6.07) is 1.90. The van der Waals surface area contributed by atoms with Gasteiger partial charge in [-0.3, -0.25) is 4.79 Å². The second kappa shape index (κ2) is 2.75. The van der Waals surface area contributed by atoms with Gasteiger partial charge in [0.1, 0.15) is 5.58 Å². The lowest BCUT2D eigenvalue weighted by atomic mass is 10.2. The van der Waals surface area contributed by atoms with E-state index in [-0.39, 0.29) is 0 Å². The molecular formula is C9H8O2S. The molecule has 2 heterocycles. The summed E-state index contributed by atoms with van der Waals surface area (Å²) in [5, 5.41) is 0. The molecule has 0 saturated carbocycles. The first-order chi connectivity index (χ1) is 5.86. The predicted octanol–water partition coefficient (Wildman–Crippen LogP) is 2.87. The van der Waals surface area contributed by atoms with Crippen LogP contribution in [0.2, 0.25) is 0 Å². The highest BCUT2D eigenvalue weighted by Crippen LogP contribution is 2.31. The van der Waals surface area contributed by atoms with Gasteiger partial charge < -0.3 is 4.42 Å². The average molecular weight is 180 g/mol. The van der Waals surface area contributed by atoms with Gasteiger partial charge in [0.25, 0.3) is 0 Å². The number of hydrogen-bond donors (Lipinski definition) is 0. The van der Waals surface area contributed by atoms with E-state index in [4.69, 9.17) is 4.42 Å². The monoisotopic (exact) mass is 180 g/mol. The van der Waals surface area contributed by atoms with Gasteiger partial charge in [-0.2, -0.15) is 0 Å². The van der Waals surface area contributed by atoms with Gasteiger partial charge in [0.2, 0.25) is 0 Å². The Balaban J connectivity index is 2.78. The maximum atomic E-state index is 10.6. The van der Waals surface area contributed by atoms with Crippen LogP contribution in [-0.2, 0) is 6.42 Å². The molecule has 0 aliphatic rings. The van der Waals surface area contributed by atoms with Gasteiger partial charge in [-0.1, -0.05) is 6.92 Å². The SMILES string of the molecule is CCc1c(C=O)sc2ccoc12. The molecule has 0 aromatic carbocycles. The maximum Gasteiger partial charge on any atom is 0.160 e. The third-order valence-electron chi connectivity index (χ3n) is 1.88. The highest BCUT2D eigenvalue weighted by molar-refractivity contribution is 7.20. The van der Waals surface area contributed by atoms with Crippen LogP contribution in [0.4, 0.5) is 0 Å². The average Bonchev–Trinajstić information content (AvgIpc) is 2.61. The Hall–Kier alpha value is -1.09. The van der Waals surface area contributed by atoms with Crippen LogP contribution in [0.5, 0.6) is 0 Å². The van der Waals surface area contributed by atoms with Crippen molar-refractivity contribution in [1.29, 1.82) is 0 Å². The number of aryl methyl sites for hydroxylation is 1. The van der Waals surface area contributed by atoms with Crippen molar-refractivity contribution in [3.8, 4) is 0 Å². The van der Waals surface area contributed by atoms with Crippen molar-refractivity contribution < 1.29 is 9.21 Å². The van der Waals surface area contributed by atoms with Crippen molar-refractivity contribution in [2.45, 2.75) is 13.3 Å². The van der Waals surface area contributed by atoms with E-state index in [0.29, 0.717) is 0 Å². The first kappa shape index (κ1) is 7.55. The van der Waals surface area contributed by atoms with Crippen molar-refractivity contribution in [2.75, 3.05) is 0 Å². The molecule has 2 rings (SSSR count). The van der Waals surface area contributed by atoms with E-state index >= 15 is 0 Å². The van der Waals surface area contributed by atoms with Crippen LogP contribution in [0.15, 0.2) is 16.7 Å². The highest BCUT2D eigenvalue weighted by atomic mass is 32.1. The predicted molar refractivity (Wildman–Crippen MR) is 48.9 cm³/mol. The summed E-state index contributed by atoms with van der Waals surface area (Å²) in [6.07, 6.45) is 3.41. The molecule has 0 atom stereocenters. The van der Waals surface area contributed by atoms with Crippen LogP contribution in [0, 0.1) is 0 Å². The minimum absolute atomic E-state index is 0.798. The molecule has 0 N–H and O–H groups in total. The van der Waals surface area contributed by atoms with E-state index in [1.807, 2.05) is 13.0 Å². The third-order valence-corrected chi connectivity index (χ3v) is 2.99. The summed E-state index contributed by atoms with van der Waals surface area (Å²) in [6.45, 7) is 2.02. The summed E-state index contributed by atoms with van der Waals surface area (Å²) in [7, 11) is 0. The van der Waals surface area contributed by atoms with Gasteiger partial charge in [0, 0.05) is 5.56 Å². The molecule has 0 fully saturated rings. The quantitative estimate of drug-likeness (QED) is 0.665. The molecule has 0 spiro atoms. The van der Waals surface area contributed by atoms with E-state index in [1.54, 1.807) is 6.26 Å². The number of fused-ring (bicyclic) bond motifs is 1. The lowest BCUT2D eigenvalue weighted by molar-refractivity contribution is 0.112. The Bertz CT molecular complexity index is 411. The molecule has 0 radical (unpaired) electrons. The zero-order chi connectivity index (χ0) is 8.55. The minimum Gasteiger partial charge on any atom is -0.463 e. The second-order valence-electron chi connectivity index (χ2n) is 2.53. The van der Waals surface area contributed by atoms with Gasteiger partial charge in [-0.25, -0.2) is 0 Å². The Labute approximate surface area is 73.8 Å². The highest BCUT2D eigenvalue weighted by Gasteiger charge is 2.11. The smallest absolute Gasteiger partial charge is 0.160 e. The lowest BCUT2D eigenvalue weighted by Crippen LogP contribution is -1.81. The van der Waals surface area contributed by atoms with Crippen LogP contribution in [-0.4, -0.2) is 6.29 Å². The second-order valence-corrected chi connectivity index (χ2v) is 3.61. The normalized spacial score (nSPS) is 10.8. The van der Waals surface area contributed by atoms with Crippen molar-refractivity contribution >= 4 is 27.9 Å². The van der Waals surface area contributed by atoms with E-state index in [1.165, 1.54) is 11.3 Å². The van der Waals surface area contributed by atoms with Crippen molar-refractivity contribution in [3.05, 3.63) is 22.8 Å². The Morgan fingerprint density at radius 3 is 3.17 bits per heavy atom. The largest absolute Gasteiger partial charge is 0.463 e. The first-order valence-corrected chi connectivity index (χ1v) is 4.62. The van der Waals surface area contributed by atoms with Gasteiger partial charge in [-0.15, -0.1) is 11.3 Å². The van der Waals surface area contributed by atoms with Crippen LogP contribution < -0.4 is 0 Å². The van der Waals surface area contributed by atoms with E-state index in [0.717, 1.165) is 33.4 Å². The number of carbonyl (C=O) groups is 1. The van der Waals surface area contributed by atoms with E-state index in [9.17, 15) is 4.79 Å². The van der Waals surface area contributed by atoms with Crippen molar-refractivity contribution in [3.63, 3.8) is 0 Å². The summed E-state index contributed by atoms with van der Waals surface area (Å²) in [5.41, 5.74) is 1.92. The van der Waals surface area contributed by atoms with Crippen molar-refractivity contribution in [2.24, 2.45) is 0 Å². The first-order valence-electron chi connectivity index (χ1n) is 3.81. The fourth-order valence-electron chi connectivity index (χ4n) is 1.32. The molecule has 3 heteroatoms. The van der Waals surface area contributed by atoms with E-state index in [2.05, 4.69) is 0 Å². The number of thiophene rings is 1. The molecule has 2 aromatic heterocycles. The molecule has 0 unspecified atom stereocenters. The Morgan fingerprint density at radius 2 is 2.50 bits per heavy atom. The van der Waals surface area contributed by atoms with Gasteiger partial charge in [-0.05, 0) is 12.5 Å². The molecule has 2 nitrogen and oxygen atoms in total. The van der Waals surface area contributed by atoms with Crippen molar-refractivity contribution in [1.82, 2.24) is 0 Å². The van der Waals surface area contributed by atoms with Gasteiger partial charge in [0.15, 0.2) is 6.29 Å². The van der Waals surface area contributed by atoms with Gasteiger partial charge >= 0.3 is 0 Å². The summed E-state index contributed by atoms with van der Waals surface area (Å²) in [5.74, 6) is 0. The standard InChI is InChI=1S/C9H8O2S/c1-2-6-8(5-10)12-7-3-4-11-9(6)7/h3-5H,2H2,1H3. The molecule has 0 aliphatic carbocycles. The van der Waals surface area contributed by atoms with Crippen LogP contribution in [0.1, 0.15) is 22.2 Å². The number of aldehydes is 1. The van der Waals surface area contributed by atoms with E-state index < -0.39 is 0 Å². The lowest BCUT2D eigenvalue weighted by Gasteiger charge is -1.89. The summed E-state index contributed by atoms with van der Waals surface area (Å²) >= 11 is 1.49. The van der Waals surface area contributed by atoms with Crippen LogP contribution in [0.3, 0.4) is 0 Å². The zero-order valence-electron chi connectivity index (χ0n) is 6.66. The molecule has 2 aromatic rings. The Kier molecular flexibility index (Phi) is 1.73. The number of hydrogen-bond acceptors (Lipinski definition) is 3. The zero-order valence-corrected chi connectivity index (χ0v) is 7.48. The molecule has 0 aliphatic heterocycles. The summed E-state index contributed by atoms with van der Waals surface area (Å²) in [4.78, 5) is 11.4. The molecular weight excluding hydrogens is 172 g/mol. The minimum atomic E-state index is 0.798. The van der Waals surface area contributed by atoms with Gasteiger partial charge in [0.05, 0.1) is 15.8 Å². The third kappa shape index (κ3) is 0.898. The number of furan rings is 1. The number of rotatable bonds is 2. The maximum absolute atomic E-state index is 10.6. The van der Waals surface area contributed by atoms with Crippen LogP contribution in [0.25, 0.3) is 10.3 Å². The fraction of sp³-hybridized carbons (Fsp3) is 0.222. The topological polar surface area (TPSA) is 30.2 Å². The molecule has 62 valence electrons. The molecule has 0 amide bonds. The van der Waals surface area contributed by atoms with Crippen LogP contribution >= 0.6 is 11.3 Å². The number of carbonyl (C=O) groups excluding carboxylic acids is 1. The Morgan fingerprint density at radius 1 is 1.67 bits per heavy atom. The molecule has 12 heavy (non-hydrogen) atoms. The summed E-state index contributed by atoms with van der Waals surface area (Å²) < 4.78 is 6.34. The fourth-order valence-corrected chi connectivity index (χ4v) is 2.35. The molecule has 0 bridgehead atoms.